The topological polar surface area (TPSA) is 79.8 Å². The van der Waals surface area contributed by atoms with Crippen molar-refractivity contribution in [2.45, 2.75) is 6.04 Å². The Balaban J connectivity index is 1.57. The zero-order valence-electron chi connectivity index (χ0n) is 14.4. The lowest BCUT2D eigenvalue weighted by Crippen LogP contribution is -2.64. The molecule has 0 atom stereocenters. The van der Waals surface area contributed by atoms with E-state index in [0.29, 0.717) is 24.1 Å². The van der Waals surface area contributed by atoms with Crippen LogP contribution in [0.1, 0.15) is 0 Å². The second kappa shape index (κ2) is 6.36. The van der Waals surface area contributed by atoms with E-state index in [1.165, 1.54) is 0 Å². The van der Waals surface area contributed by atoms with Gasteiger partial charge in [-0.05, 0) is 6.07 Å². The van der Waals surface area contributed by atoms with Crippen LogP contribution in [0, 0.1) is 0 Å². The monoisotopic (exact) mass is 343 g/mol. The number of ether oxygens (including phenoxy) is 2. The van der Waals surface area contributed by atoms with Gasteiger partial charge in [-0.15, -0.1) is 0 Å². The average molecular weight is 343 g/mol. The Morgan fingerprint density at radius 3 is 2.64 bits per heavy atom. The predicted octanol–water partition coefficient (Wildman–Crippen LogP) is 0.267. The van der Waals surface area contributed by atoms with Crippen molar-refractivity contribution in [2.75, 3.05) is 51.8 Å². The number of carbonyl (C=O) groups is 1. The highest BCUT2D eigenvalue weighted by Gasteiger charge is 2.35. The van der Waals surface area contributed by atoms with Crippen LogP contribution in [0.2, 0.25) is 0 Å². The molecule has 0 saturated carbocycles. The predicted molar refractivity (Wildman–Crippen MR) is 93.2 cm³/mol. The molecule has 2 aliphatic heterocycles. The number of piperazine rings is 1. The number of hydrogen-bond donors (Lipinski definition) is 1. The van der Waals surface area contributed by atoms with Crippen molar-refractivity contribution in [2.24, 2.45) is 0 Å². The lowest BCUT2D eigenvalue weighted by molar-refractivity contribution is -0.125. The normalized spacial score (nSPS) is 18.8. The third-order valence-electron chi connectivity index (χ3n) is 4.87. The number of nitrogens with zero attached hydrogens (tertiary/aromatic N) is 4. The van der Waals surface area contributed by atoms with Crippen LogP contribution >= 0.6 is 0 Å². The Labute approximate surface area is 145 Å². The Morgan fingerprint density at radius 2 is 1.92 bits per heavy atom. The Bertz CT molecular complexity index is 806. The minimum absolute atomic E-state index is 0.106. The highest BCUT2D eigenvalue weighted by molar-refractivity contribution is 5.92. The fraction of sp³-hybridized carbons (Fsp3) is 0.471. The summed E-state index contributed by atoms with van der Waals surface area (Å²) in [7, 11) is 3.23. The lowest BCUT2D eigenvalue weighted by atomic mass is 10.0. The van der Waals surface area contributed by atoms with E-state index < -0.39 is 0 Å². The number of methoxy groups -OCH3 is 2. The molecule has 2 aliphatic rings. The molecular weight excluding hydrogens is 322 g/mol. The van der Waals surface area contributed by atoms with E-state index in [1.807, 2.05) is 12.1 Å². The standard InChI is InChI=1S/C17H21N5O3/c1-24-14-5-12-13(6-15(14)25-2)19-10-20-17(12)22-7-11(8-22)21-4-3-18-16(23)9-21/h5-6,10-11H,3-4,7-9H2,1-2H3,(H,18,23). The van der Waals surface area contributed by atoms with Crippen molar-refractivity contribution in [1.29, 1.82) is 0 Å². The number of nitrogens with one attached hydrogen (secondary N) is 1. The second-order valence-electron chi connectivity index (χ2n) is 6.30. The Morgan fingerprint density at radius 1 is 1.16 bits per heavy atom. The SMILES string of the molecule is COc1cc2ncnc(N3CC(N4CCNC(=O)C4)C3)c2cc1OC. The van der Waals surface area contributed by atoms with Gasteiger partial charge >= 0.3 is 0 Å². The van der Waals surface area contributed by atoms with Gasteiger partial charge in [-0.1, -0.05) is 0 Å². The third kappa shape index (κ3) is 2.82. The van der Waals surface area contributed by atoms with Gasteiger partial charge < -0.3 is 19.7 Å². The largest absolute Gasteiger partial charge is 0.493 e. The van der Waals surface area contributed by atoms with Crippen molar-refractivity contribution < 1.29 is 14.3 Å². The van der Waals surface area contributed by atoms with Gasteiger partial charge in [-0.25, -0.2) is 9.97 Å². The molecule has 1 amide bonds. The summed E-state index contributed by atoms with van der Waals surface area (Å²) < 4.78 is 10.8. The molecule has 1 aromatic heterocycles. The van der Waals surface area contributed by atoms with Gasteiger partial charge in [0, 0.05) is 43.7 Å². The molecule has 0 unspecified atom stereocenters. The molecule has 0 aliphatic carbocycles. The summed E-state index contributed by atoms with van der Waals surface area (Å²) in [6.45, 7) is 3.82. The first kappa shape index (κ1) is 15.9. The zero-order chi connectivity index (χ0) is 17.4. The van der Waals surface area contributed by atoms with Gasteiger partial charge in [0.15, 0.2) is 11.5 Å². The van der Waals surface area contributed by atoms with Gasteiger partial charge in [0.1, 0.15) is 12.1 Å². The number of anilines is 1. The van der Waals surface area contributed by atoms with E-state index in [-0.39, 0.29) is 5.91 Å². The lowest BCUT2D eigenvalue weighted by Gasteiger charge is -2.47. The van der Waals surface area contributed by atoms with Crippen LogP contribution in [0.15, 0.2) is 18.5 Å². The maximum absolute atomic E-state index is 11.6. The zero-order valence-corrected chi connectivity index (χ0v) is 14.4. The van der Waals surface area contributed by atoms with Crippen molar-refractivity contribution in [3.8, 4) is 11.5 Å². The molecule has 1 N–H and O–H groups in total. The van der Waals surface area contributed by atoms with Crippen LogP contribution < -0.4 is 19.7 Å². The summed E-state index contributed by atoms with van der Waals surface area (Å²) in [5, 5.41) is 3.80. The van der Waals surface area contributed by atoms with Crippen LogP contribution in [-0.4, -0.2) is 73.8 Å². The molecule has 132 valence electrons. The van der Waals surface area contributed by atoms with Crippen molar-refractivity contribution in [3.63, 3.8) is 0 Å². The van der Waals surface area contributed by atoms with E-state index in [2.05, 4.69) is 25.1 Å². The maximum atomic E-state index is 11.6. The summed E-state index contributed by atoms with van der Waals surface area (Å²) >= 11 is 0. The van der Waals surface area contributed by atoms with Crippen LogP contribution in [-0.2, 0) is 4.79 Å². The molecule has 25 heavy (non-hydrogen) atoms. The summed E-state index contributed by atoms with van der Waals surface area (Å²) in [6, 6.07) is 4.17. The molecule has 3 heterocycles. The minimum atomic E-state index is 0.106. The fourth-order valence-corrected chi connectivity index (χ4v) is 3.45. The van der Waals surface area contributed by atoms with E-state index in [1.54, 1.807) is 20.5 Å². The first-order valence-electron chi connectivity index (χ1n) is 8.32. The molecule has 8 nitrogen and oxygen atoms in total. The molecule has 2 saturated heterocycles. The quantitative estimate of drug-likeness (QED) is 0.853. The summed E-state index contributed by atoms with van der Waals surface area (Å²) in [6.07, 6.45) is 1.57. The summed E-state index contributed by atoms with van der Waals surface area (Å²) in [5.74, 6) is 2.31. The minimum Gasteiger partial charge on any atom is -0.493 e. The van der Waals surface area contributed by atoms with Gasteiger partial charge in [0.2, 0.25) is 5.91 Å². The van der Waals surface area contributed by atoms with E-state index in [0.717, 1.165) is 42.9 Å². The van der Waals surface area contributed by atoms with Crippen LogP contribution in [0.3, 0.4) is 0 Å². The van der Waals surface area contributed by atoms with Crippen molar-refractivity contribution in [1.82, 2.24) is 20.2 Å². The Kier molecular flexibility index (Phi) is 4.04. The highest BCUT2D eigenvalue weighted by Crippen LogP contribution is 2.36. The molecule has 8 heteroatoms. The molecule has 0 radical (unpaired) electrons. The molecule has 1 aromatic carbocycles. The Hall–Kier alpha value is -2.61. The van der Waals surface area contributed by atoms with Crippen LogP contribution in [0.25, 0.3) is 10.9 Å². The highest BCUT2D eigenvalue weighted by atomic mass is 16.5. The third-order valence-corrected chi connectivity index (χ3v) is 4.87. The fourth-order valence-electron chi connectivity index (χ4n) is 3.45. The summed E-state index contributed by atoms with van der Waals surface area (Å²) in [5.41, 5.74) is 0.823. The van der Waals surface area contributed by atoms with Gasteiger partial charge in [-0.2, -0.15) is 0 Å². The van der Waals surface area contributed by atoms with Crippen molar-refractivity contribution >= 4 is 22.6 Å². The van der Waals surface area contributed by atoms with E-state index >= 15 is 0 Å². The van der Waals surface area contributed by atoms with Crippen LogP contribution in [0.4, 0.5) is 5.82 Å². The number of fused-ring (bicyclic) bond motifs is 1. The van der Waals surface area contributed by atoms with Gasteiger partial charge in [0.25, 0.3) is 0 Å². The first-order chi connectivity index (χ1) is 12.2. The average Bonchev–Trinajstić information content (AvgIpc) is 2.59. The van der Waals surface area contributed by atoms with Crippen LogP contribution in [0.5, 0.6) is 11.5 Å². The van der Waals surface area contributed by atoms with Gasteiger partial charge in [-0.3, -0.25) is 9.69 Å². The number of carbonyl (C=O) groups excluding carboxylic acids is 1. The second-order valence-corrected chi connectivity index (χ2v) is 6.30. The van der Waals surface area contributed by atoms with Gasteiger partial charge in [0.05, 0.1) is 26.3 Å². The molecule has 2 fully saturated rings. The number of amides is 1. The van der Waals surface area contributed by atoms with Crippen molar-refractivity contribution in [3.05, 3.63) is 18.5 Å². The molecule has 0 bridgehead atoms. The molecule has 2 aromatic rings. The smallest absolute Gasteiger partial charge is 0.234 e. The van der Waals surface area contributed by atoms with E-state index in [4.69, 9.17) is 9.47 Å². The van der Waals surface area contributed by atoms with E-state index in [9.17, 15) is 4.79 Å². The number of rotatable bonds is 4. The molecule has 0 spiro atoms. The first-order valence-corrected chi connectivity index (χ1v) is 8.32. The number of benzene rings is 1. The number of aromatic nitrogens is 2. The summed E-state index contributed by atoms with van der Waals surface area (Å²) in [4.78, 5) is 24.8. The number of hydrogen-bond acceptors (Lipinski definition) is 7. The molecule has 4 rings (SSSR count). The molecular formula is C17H21N5O3. The maximum Gasteiger partial charge on any atom is 0.234 e.